The van der Waals surface area contributed by atoms with Crippen LogP contribution in [-0.4, -0.2) is 19.6 Å². The van der Waals surface area contributed by atoms with E-state index in [1.807, 2.05) is 24.3 Å². The van der Waals surface area contributed by atoms with Crippen molar-refractivity contribution in [2.45, 2.75) is 13.0 Å². The Morgan fingerprint density at radius 2 is 2.06 bits per heavy atom. The molecule has 92 valence electrons. The van der Waals surface area contributed by atoms with Crippen LogP contribution >= 0.6 is 11.6 Å². The molecule has 0 aromatic heterocycles. The SMILES string of the molecule is C=C(Cl)CNCc1ccccc1CC(=O)OC. The number of benzene rings is 1. The number of ether oxygens (including phenoxy) is 1. The number of rotatable bonds is 6. The van der Waals surface area contributed by atoms with Crippen molar-refractivity contribution in [3.8, 4) is 0 Å². The van der Waals surface area contributed by atoms with Crippen LogP contribution < -0.4 is 5.32 Å². The zero-order chi connectivity index (χ0) is 12.7. The molecule has 1 aromatic carbocycles. The Kier molecular flexibility index (Phi) is 5.73. The number of hydrogen-bond acceptors (Lipinski definition) is 3. The lowest BCUT2D eigenvalue weighted by Gasteiger charge is -2.09. The number of esters is 1. The van der Waals surface area contributed by atoms with Crippen molar-refractivity contribution in [1.29, 1.82) is 0 Å². The van der Waals surface area contributed by atoms with Gasteiger partial charge in [-0.3, -0.25) is 4.79 Å². The lowest BCUT2D eigenvalue weighted by molar-refractivity contribution is -0.139. The number of methoxy groups -OCH3 is 1. The van der Waals surface area contributed by atoms with E-state index in [9.17, 15) is 4.79 Å². The van der Waals surface area contributed by atoms with Crippen LogP contribution in [0.4, 0.5) is 0 Å². The van der Waals surface area contributed by atoms with E-state index in [1.165, 1.54) is 7.11 Å². The minimum Gasteiger partial charge on any atom is -0.469 e. The third-order valence-corrected chi connectivity index (χ3v) is 2.45. The summed E-state index contributed by atoms with van der Waals surface area (Å²) >= 11 is 5.66. The van der Waals surface area contributed by atoms with Crippen molar-refractivity contribution in [3.05, 3.63) is 47.0 Å². The molecule has 0 saturated heterocycles. The normalized spacial score (nSPS) is 10.0. The van der Waals surface area contributed by atoms with E-state index < -0.39 is 0 Å². The van der Waals surface area contributed by atoms with Gasteiger partial charge in [0.2, 0.25) is 0 Å². The predicted octanol–water partition coefficient (Wildman–Crippen LogP) is 2.24. The fraction of sp³-hybridized carbons (Fsp3) is 0.308. The minimum atomic E-state index is -0.237. The number of hydrogen-bond donors (Lipinski definition) is 1. The molecule has 17 heavy (non-hydrogen) atoms. The Morgan fingerprint density at radius 3 is 2.65 bits per heavy atom. The minimum absolute atomic E-state index is 0.237. The molecule has 0 aliphatic rings. The second-order valence-corrected chi connectivity index (χ2v) is 4.18. The second-order valence-electron chi connectivity index (χ2n) is 3.64. The first-order valence-electron chi connectivity index (χ1n) is 5.31. The average molecular weight is 254 g/mol. The van der Waals surface area contributed by atoms with Crippen LogP contribution in [0.15, 0.2) is 35.9 Å². The highest BCUT2D eigenvalue weighted by Gasteiger charge is 2.07. The van der Waals surface area contributed by atoms with E-state index in [0.29, 0.717) is 18.1 Å². The van der Waals surface area contributed by atoms with Gasteiger partial charge < -0.3 is 10.1 Å². The van der Waals surface area contributed by atoms with Crippen molar-refractivity contribution in [3.63, 3.8) is 0 Å². The molecule has 0 bridgehead atoms. The maximum absolute atomic E-state index is 11.2. The van der Waals surface area contributed by atoms with Gasteiger partial charge in [0.05, 0.1) is 13.5 Å². The molecule has 0 radical (unpaired) electrons. The molecule has 0 spiro atoms. The topological polar surface area (TPSA) is 38.3 Å². The van der Waals surface area contributed by atoms with E-state index in [2.05, 4.69) is 16.6 Å². The van der Waals surface area contributed by atoms with Gasteiger partial charge in [-0.1, -0.05) is 42.4 Å². The Hall–Kier alpha value is -1.32. The molecule has 0 heterocycles. The maximum Gasteiger partial charge on any atom is 0.309 e. The molecule has 0 saturated carbocycles. The Morgan fingerprint density at radius 1 is 1.41 bits per heavy atom. The van der Waals surface area contributed by atoms with Crippen molar-refractivity contribution in [2.75, 3.05) is 13.7 Å². The van der Waals surface area contributed by atoms with Crippen molar-refractivity contribution in [2.24, 2.45) is 0 Å². The molecule has 0 amide bonds. The van der Waals surface area contributed by atoms with Gasteiger partial charge in [0.15, 0.2) is 0 Å². The molecular weight excluding hydrogens is 238 g/mol. The summed E-state index contributed by atoms with van der Waals surface area (Å²) < 4.78 is 4.66. The van der Waals surface area contributed by atoms with Crippen LogP contribution in [0.5, 0.6) is 0 Å². The van der Waals surface area contributed by atoms with E-state index in [0.717, 1.165) is 11.1 Å². The number of carbonyl (C=O) groups is 1. The highest BCUT2D eigenvalue weighted by Crippen LogP contribution is 2.10. The fourth-order valence-electron chi connectivity index (χ4n) is 1.46. The summed E-state index contributed by atoms with van der Waals surface area (Å²) in [7, 11) is 1.39. The zero-order valence-corrected chi connectivity index (χ0v) is 10.6. The first kappa shape index (κ1) is 13.7. The van der Waals surface area contributed by atoms with Crippen LogP contribution in [0, 0.1) is 0 Å². The van der Waals surface area contributed by atoms with Crippen LogP contribution in [0.2, 0.25) is 0 Å². The van der Waals surface area contributed by atoms with Gasteiger partial charge in [-0.15, -0.1) is 0 Å². The van der Waals surface area contributed by atoms with Gasteiger partial charge >= 0.3 is 5.97 Å². The summed E-state index contributed by atoms with van der Waals surface area (Å²) in [6.45, 7) is 4.80. The van der Waals surface area contributed by atoms with Gasteiger partial charge in [-0.05, 0) is 11.1 Å². The lowest BCUT2D eigenvalue weighted by Crippen LogP contribution is -2.16. The molecule has 1 aromatic rings. The molecule has 4 heteroatoms. The first-order valence-corrected chi connectivity index (χ1v) is 5.69. The van der Waals surface area contributed by atoms with E-state index in [-0.39, 0.29) is 12.4 Å². The summed E-state index contributed by atoms with van der Waals surface area (Å²) in [5.41, 5.74) is 2.03. The molecule has 1 rings (SSSR count). The fourth-order valence-corrected chi connectivity index (χ4v) is 1.56. The lowest BCUT2D eigenvalue weighted by atomic mass is 10.0. The second kappa shape index (κ2) is 7.09. The third-order valence-electron chi connectivity index (χ3n) is 2.31. The number of halogens is 1. The van der Waals surface area contributed by atoms with Gasteiger partial charge in [0.25, 0.3) is 0 Å². The Bertz CT molecular complexity index is 404. The summed E-state index contributed by atoms with van der Waals surface area (Å²) in [5, 5.41) is 3.71. The van der Waals surface area contributed by atoms with Crippen molar-refractivity contribution >= 4 is 17.6 Å². The third kappa shape index (κ3) is 5.02. The highest BCUT2D eigenvalue weighted by atomic mass is 35.5. The number of carbonyl (C=O) groups excluding carboxylic acids is 1. The summed E-state index contributed by atoms with van der Waals surface area (Å²) in [4.78, 5) is 11.2. The highest BCUT2D eigenvalue weighted by molar-refractivity contribution is 6.29. The van der Waals surface area contributed by atoms with Gasteiger partial charge in [-0.2, -0.15) is 0 Å². The Labute approximate surface area is 106 Å². The largest absolute Gasteiger partial charge is 0.469 e. The Balaban J connectivity index is 2.64. The van der Waals surface area contributed by atoms with E-state index in [4.69, 9.17) is 11.6 Å². The predicted molar refractivity (Wildman–Crippen MR) is 68.9 cm³/mol. The standard InChI is InChI=1S/C13H16ClNO2/c1-10(14)8-15-9-12-6-4-3-5-11(12)7-13(16)17-2/h3-6,15H,1,7-9H2,2H3. The summed E-state index contributed by atoms with van der Waals surface area (Å²) in [6, 6.07) is 7.74. The molecular formula is C13H16ClNO2. The zero-order valence-electron chi connectivity index (χ0n) is 9.83. The van der Waals surface area contributed by atoms with Gasteiger partial charge in [0, 0.05) is 18.1 Å². The molecule has 0 unspecified atom stereocenters. The summed E-state index contributed by atoms with van der Waals surface area (Å²) in [5.74, 6) is -0.237. The van der Waals surface area contributed by atoms with Crippen LogP contribution in [-0.2, 0) is 22.5 Å². The van der Waals surface area contributed by atoms with Crippen LogP contribution in [0.3, 0.4) is 0 Å². The monoisotopic (exact) mass is 253 g/mol. The smallest absolute Gasteiger partial charge is 0.309 e. The molecule has 1 N–H and O–H groups in total. The molecule has 0 aliphatic heterocycles. The van der Waals surface area contributed by atoms with Gasteiger partial charge in [-0.25, -0.2) is 0 Å². The first-order chi connectivity index (χ1) is 8.13. The maximum atomic E-state index is 11.2. The molecule has 0 fully saturated rings. The van der Waals surface area contributed by atoms with E-state index in [1.54, 1.807) is 0 Å². The van der Waals surface area contributed by atoms with Crippen LogP contribution in [0.1, 0.15) is 11.1 Å². The molecule has 3 nitrogen and oxygen atoms in total. The van der Waals surface area contributed by atoms with Crippen LogP contribution in [0.25, 0.3) is 0 Å². The molecule has 0 atom stereocenters. The average Bonchev–Trinajstić information content (AvgIpc) is 2.30. The van der Waals surface area contributed by atoms with E-state index >= 15 is 0 Å². The number of nitrogens with one attached hydrogen (secondary N) is 1. The quantitative estimate of drug-likeness (QED) is 0.791. The van der Waals surface area contributed by atoms with Crippen molar-refractivity contribution < 1.29 is 9.53 Å². The van der Waals surface area contributed by atoms with Crippen molar-refractivity contribution in [1.82, 2.24) is 5.32 Å². The summed E-state index contributed by atoms with van der Waals surface area (Å²) in [6.07, 6.45) is 0.288. The van der Waals surface area contributed by atoms with Gasteiger partial charge in [0.1, 0.15) is 0 Å². The molecule has 0 aliphatic carbocycles.